The zero-order valence-corrected chi connectivity index (χ0v) is 16.7. The van der Waals surface area contributed by atoms with E-state index in [1.807, 2.05) is 66.7 Å². The summed E-state index contributed by atoms with van der Waals surface area (Å²) < 4.78 is 5.09. The second kappa shape index (κ2) is 11.1. The van der Waals surface area contributed by atoms with Crippen LogP contribution in [0.1, 0.15) is 16.7 Å². The molecule has 0 amide bonds. The largest absolute Gasteiger partial charge is 0.468 e. The molecule has 0 aromatic heterocycles. The van der Waals surface area contributed by atoms with E-state index < -0.39 is 6.04 Å². The number of esters is 1. The first-order valence-corrected chi connectivity index (χ1v) is 9.83. The van der Waals surface area contributed by atoms with E-state index in [-0.39, 0.29) is 11.9 Å². The van der Waals surface area contributed by atoms with Crippen LogP contribution in [0.25, 0.3) is 0 Å². The van der Waals surface area contributed by atoms with E-state index in [0.717, 1.165) is 18.4 Å². The zero-order valence-electron chi connectivity index (χ0n) is 16.7. The van der Waals surface area contributed by atoms with Gasteiger partial charge in [0.1, 0.15) is 6.04 Å². The molecule has 0 radical (unpaired) electrons. The van der Waals surface area contributed by atoms with Crippen molar-refractivity contribution in [1.82, 2.24) is 5.48 Å². The predicted octanol–water partition coefficient (Wildman–Crippen LogP) is 4.35. The van der Waals surface area contributed by atoms with Crippen LogP contribution in [0.5, 0.6) is 0 Å². The number of benzene rings is 3. The van der Waals surface area contributed by atoms with E-state index >= 15 is 0 Å². The van der Waals surface area contributed by atoms with Gasteiger partial charge < -0.3 is 4.74 Å². The Morgan fingerprint density at radius 2 is 1.21 bits per heavy atom. The lowest BCUT2D eigenvalue weighted by Crippen LogP contribution is -2.45. The van der Waals surface area contributed by atoms with E-state index in [1.165, 1.54) is 18.2 Å². The van der Waals surface area contributed by atoms with Gasteiger partial charge in [0, 0.05) is 0 Å². The fourth-order valence-corrected chi connectivity index (χ4v) is 3.39. The number of carbonyl (C=O) groups excluding carboxylic acids is 1. The lowest BCUT2D eigenvalue weighted by Gasteiger charge is -2.26. The third-order valence-electron chi connectivity index (χ3n) is 4.90. The van der Waals surface area contributed by atoms with Gasteiger partial charge in [-0.3, -0.25) is 9.63 Å². The highest BCUT2D eigenvalue weighted by Gasteiger charge is 2.30. The predicted molar refractivity (Wildman–Crippen MR) is 114 cm³/mol. The summed E-state index contributed by atoms with van der Waals surface area (Å²) in [7, 11) is 1.41. The number of ether oxygens (including phenoxy) is 1. The summed E-state index contributed by atoms with van der Waals surface area (Å²) in [5.74, 6) is -0.349. The number of hydrogen-bond acceptors (Lipinski definition) is 4. The van der Waals surface area contributed by atoms with E-state index in [4.69, 9.17) is 9.57 Å². The smallest absolute Gasteiger partial charge is 0.325 e. The molecule has 0 aliphatic carbocycles. The van der Waals surface area contributed by atoms with Crippen molar-refractivity contribution in [2.24, 2.45) is 5.92 Å². The molecule has 1 atom stereocenters. The molecule has 0 saturated carbocycles. The van der Waals surface area contributed by atoms with Gasteiger partial charge in [-0.2, -0.15) is 5.48 Å². The van der Waals surface area contributed by atoms with Crippen molar-refractivity contribution in [3.8, 4) is 0 Å². The van der Waals surface area contributed by atoms with Crippen LogP contribution in [-0.4, -0.2) is 19.1 Å². The van der Waals surface area contributed by atoms with Crippen LogP contribution in [0, 0.1) is 5.92 Å². The molecule has 3 rings (SSSR count). The molecule has 0 heterocycles. The zero-order chi connectivity index (χ0) is 20.3. The highest BCUT2D eigenvalue weighted by molar-refractivity contribution is 5.76. The molecule has 0 aliphatic rings. The highest BCUT2D eigenvalue weighted by Crippen LogP contribution is 2.20. The molecule has 4 nitrogen and oxygen atoms in total. The van der Waals surface area contributed by atoms with Gasteiger partial charge in [0.2, 0.25) is 0 Å². The number of rotatable bonds is 10. The first-order chi connectivity index (χ1) is 14.3. The average Bonchev–Trinajstić information content (AvgIpc) is 2.78. The van der Waals surface area contributed by atoms with Crippen molar-refractivity contribution in [2.45, 2.75) is 25.5 Å². The summed E-state index contributed by atoms with van der Waals surface area (Å²) >= 11 is 0. The molecule has 3 aromatic carbocycles. The van der Waals surface area contributed by atoms with E-state index in [0.29, 0.717) is 6.61 Å². The Kier molecular flexibility index (Phi) is 7.99. The van der Waals surface area contributed by atoms with Gasteiger partial charge in [-0.15, -0.1) is 0 Å². The van der Waals surface area contributed by atoms with Crippen LogP contribution in [0.4, 0.5) is 0 Å². The van der Waals surface area contributed by atoms with Gasteiger partial charge in [0.15, 0.2) is 0 Å². The van der Waals surface area contributed by atoms with Gasteiger partial charge in [-0.05, 0) is 35.4 Å². The lowest BCUT2D eigenvalue weighted by molar-refractivity contribution is -0.150. The third-order valence-corrected chi connectivity index (χ3v) is 4.90. The first-order valence-electron chi connectivity index (χ1n) is 9.83. The maximum atomic E-state index is 12.6. The molecule has 0 aliphatic heterocycles. The van der Waals surface area contributed by atoms with Gasteiger partial charge in [-0.25, -0.2) is 0 Å². The maximum Gasteiger partial charge on any atom is 0.325 e. The number of hydrogen-bond donors (Lipinski definition) is 1. The van der Waals surface area contributed by atoms with Crippen molar-refractivity contribution in [2.75, 3.05) is 7.11 Å². The Balaban J connectivity index is 1.76. The van der Waals surface area contributed by atoms with Crippen LogP contribution >= 0.6 is 0 Å². The van der Waals surface area contributed by atoms with Crippen LogP contribution in [0.3, 0.4) is 0 Å². The normalized spacial score (nSPS) is 11.9. The van der Waals surface area contributed by atoms with E-state index in [2.05, 4.69) is 29.7 Å². The minimum atomic E-state index is -0.580. The highest BCUT2D eigenvalue weighted by atomic mass is 16.6. The standard InChI is InChI=1S/C25H27NO3/c1-28-25(27)24(26-29-19-22-15-9-4-10-16-22)23(17-20-11-5-2-6-12-20)18-21-13-7-3-8-14-21/h2-16,23-24,26H,17-19H2,1H3. The molecule has 4 heteroatoms. The van der Waals surface area contributed by atoms with Crippen LogP contribution < -0.4 is 5.48 Å². The molecular formula is C25H27NO3. The molecule has 0 bridgehead atoms. The van der Waals surface area contributed by atoms with Gasteiger partial charge >= 0.3 is 5.97 Å². The van der Waals surface area contributed by atoms with Crippen LogP contribution in [0.2, 0.25) is 0 Å². The van der Waals surface area contributed by atoms with Crippen molar-refractivity contribution in [1.29, 1.82) is 0 Å². The van der Waals surface area contributed by atoms with E-state index in [1.54, 1.807) is 0 Å². The number of hydroxylamine groups is 1. The van der Waals surface area contributed by atoms with Gasteiger partial charge in [0.25, 0.3) is 0 Å². The summed E-state index contributed by atoms with van der Waals surface area (Å²) in [6.45, 7) is 0.373. The topological polar surface area (TPSA) is 47.6 Å². The quantitative estimate of drug-likeness (QED) is 0.414. The summed E-state index contributed by atoms with van der Waals surface area (Å²) in [5.41, 5.74) is 6.37. The summed E-state index contributed by atoms with van der Waals surface area (Å²) in [6, 6.07) is 29.7. The molecule has 150 valence electrons. The molecule has 1 unspecified atom stereocenters. The van der Waals surface area contributed by atoms with Crippen LogP contribution in [0.15, 0.2) is 91.0 Å². The number of methoxy groups -OCH3 is 1. The molecule has 3 aromatic rings. The SMILES string of the molecule is COC(=O)C(NOCc1ccccc1)C(Cc1ccccc1)Cc1ccccc1. The molecule has 29 heavy (non-hydrogen) atoms. The first kappa shape index (κ1) is 20.8. The Morgan fingerprint density at radius 1 is 0.759 bits per heavy atom. The minimum Gasteiger partial charge on any atom is -0.468 e. The molecule has 0 spiro atoms. The van der Waals surface area contributed by atoms with Crippen LogP contribution in [-0.2, 0) is 33.8 Å². The molecule has 1 N–H and O–H groups in total. The fraction of sp³-hybridized carbons (Fsp3) is 0.240. The Labute approximate surface area is 172 Å². The minimum absolute atomic E-state index is 0.0250. The van der Waals surface area contributed by atoms with E-state index in [9.17, 15) is 4.79 Å². The van der Waals surface area contributed by atoms with Gasteiger partial charge in [-0.1, -0.05) is 91.0 Å². The molecule has 0 saturated heterocycles. The maximum absolute atomic E-state index is 12.6. The summed E-state index contributed by atoms with van der Waals surface area (Å²) in [6.07, 6.45) is 1.47. The van der Waals surface area contributed by atoms with Crippen molar-refractivity contribution >= 4 is 5.97 Å². The average molecular weight is 389 g/mol. The number of carbonyl (C=O) groups is 1. The summed E-state index contributed by atoms with van der Waals surface area (Å²) in [5, 5.41) is 0. The fourth-order valence-electron chi connectivity index (χ4n) is 3.39. The Hall–Kier alpha value is -2.95. The van der Waals surface area contributed by atoms with Crippen molar-refractivity contribution in [3.05, 3.63) is 108 Å². The second-order valence-electron chi connectivity index (χ2n) is 7.03. The van der Waals surface area contributed by atoms with Crippen molar-refractivity contribution < 1.29 is 14.4 Å². The molecular weight excluding hydrogens is 362 g/mol. The Bertz CT molecular complexity index is 812. The van der Waals surface area contributed by atoms with Gasteiger partial charge in [0.05, 0.1) is 13.7 Å². The van der Waals surface area contributed by atoms with Crippen molar-refractivity contribution in [3.63, 3.8) is 0 Å². The lowest BCUT2D eigenvalue weighted by atomic mass is 9.87. The number of nitrogens with one attached hydrogen (secondary N) is 1. The Morgan fingerprint density at radius 3 is 1.66 bits per heavy atom. The molecule has 0 fully saturated rings. The second-order valence-corrected chi connectivity index (χ2v) is 7.03. The third kappa shape index (κ3) is 6.56. The monoisotopic (exact) mass is 389 g/mol. The summed E-state index contributed by atoms with van der Waals surface area (Å²) in [4.78, 5) is 18.3.